The maximum absolute atomic E-state index is 10.6. The van der Waals surface area contributed by atoms with Crippen molar-refractivity contribution in [3.8, 4) is 0 Å². The lowest BCUT2D eigenvalue weighted by molar-refractivity contribution is -0.359. The van der Waals surface area contributed by atoms with Gasteiger partial charge < -0.3 is 83.1 Å². The van der Waals surface area contributed by atoms with E-state index in [2.05, 4.69) is 6.58 Å². The molecule has 7 N–H and O–H groups in total. The van der Waals surface area contributed by atoms with Gasteiger partial charge >= 0.3 is 0 Å². The Balaban J connectivity index is 1.50. The van der Waals surface area contributed by atoms with Gasteiger partial charge in [-0.1, -0.05) is 6.08 Å². The number of hydrogen-bond acceptors (Lipinski definition) is 17. The van der Waals surface area contributed by atoms with Crippen LogP contribution >= 0.6 is 0 Å². The standard InChI is InChI=1S/C27H50O17/c1-2-3-35-4-5-36-6-7-37-8-9-38-10-11-39-12-13-40-14-15-41-26-24(34)22(32)25(19(17-29)43-26)44-27-23(33)21(31)20(30)18(16-28)42-27/h2,18-34H,1,3-17H2/t18-,19-,20+,21+,22-,23-,24-,25-,26-,27+/m1/s1. The van der Waals surface area contributed by atoms with Crippen molar-refractivity contribution in [2.24, 2.45) is 0 Å². The van der Waals surface area contributed by atoms with E-state index in [4.69, 9.17) is 47.4 Å². The molecule has 44 heavy (non-hydrogen) atoms. The fraction of sp³-hybridized carbons (Fsp3) is 0.926. The molecule has 2 aliphatic heterocycles. The minimum absolute atomic E-state index is 0.0118. The topological polar surface area (TPSA) is 234 Å². The minimum atomic E-state index is -1.74. The van der Waals surface area contributed by atoms with E-state index in [1.165, 1.54) is 0 Å². The zero-order valence-corrected chi connectivity index (χ0v) is 24.9. The zero-order valence-electron chi connectivity index (χ0n) is 24.9. The highest BCUT2D eigenvalue weighted by Crippen LogP contribution is 2.29. The Morgan fingerprint density at radius 3 is 1.41 bits per heavy atom. The van der Waals surface area contributed by atoms with E-state index in [0.717, 1.165) is 0 Å². The average Bonchev–Trinajstić information content (AvgIpc) is 3.03. The maximum Gasteiger partial charge on any atom is 0.187 e. The van der Waals surface area contributed by atoms with Gasteiger partial charge in [-0.2, -0.15) is 0 Å². The van der Waals surface area contributed by atoms with Crippen molar-refractivity contribution in [1.82, 2.24) is 0 Å². The van der Waals surface area contributed by atoms with Gasteiger partial charge in [0, 0.05) is 0 Å². The summed E-state index contributed by atoms with van der Waals surface area (Å²) in [6, 6.07) is 0. The molecule has 0 aromatic rings. The molecule has 2 heterocycles. The largest absolute Gasteiger partial charge is 0.394 e. The molecule has 2 fully saturated rings. The lowest BCUT2D eigenvalue weighted by Gasteiger charge is -2.45. The molecule has 0 amide bonds. The molecule has 0 aromatic heterocycles. The van der Waals surface area contributed by atoms with Crippen LogP contribution in [-0.4, -0.2) is 196 Å². The summed E-state index contributed by atoms with van der Waals surface area (Å²) in [4.78, 5) is 0. The van der Waals surface area contributed by atoms with E-state index in [1.54, 1.807) is 6.08 Å². The Morgan fingerprint density at radius 1 is 0.500 bits per heavy atom. The SMILES string of the molecule is C=CCOCCOCCOCCOCCOCCOCCO[C@@H]1O[C@H](CO)[C@@H](O[C@@H]2O[C@H](CO)[C@H](O)[C@H](O)[C@H]2O)[C@H](O)[C@H]1O. The fourth-order valence-electron chi connectivity index (χ4n) is 4.18. The molecule has 17 nitrogen and oxygen atoms in total. The summed E-state index contributed by atoms with van der Waals surface area (Å²) in [6.07, 6.45) is -13.4. The van der Waals surface area contributed by atoms with E-state index < -0.39 is 74.6 Å². The van der Waals surface area contributed by atoms with Crippen molar-refractivity contribution in [3.63, 3.8) is 0 Å². The first kappa shape index (κ1) is 39.2. The van der Waals surface area contributed by atoms with E-state index >= 15 is 0 Å². The lowest BCUT2D eigenvalue weighted by Crippen LogP contribution is -2.64. The Hall–Kier alpha value is -0.940. The molecule has 260 valence electrons. The second-order valence-electron chi connectivity index (χ2n) is 9.80. The van der Waals surface area contributed by atoms with Crippen LogP contribution in [0.1, 0.15) is 0 Å². The van der Waals surface area contributed by atoms with Crippen LogP contribution in [0.4, 0.5) is 0 Å². The smallest absolute Gasteiger partial charge is 0.187 e. The zero-order chi connectivity index (χ0) is 32.2. The summed E-state index contributed by atoms with van der Waals surface area (Å²) in [5.74, 6) is 0. The number of rotatable bonds is 25. The monoisotopic (exact) mass is 646 g/mol. The van der Waals surface area contributed by atoms with Gasteiger partial charge in [0.25, 0.3) is 0 Å². The number of hydrogen-bond donors (Lipinski definition) is 7. The summed E-state index contributed by atoms with van der Waals surface area (Å²) in [5.41, 5.74) is 0. The van der Waals surface area contributed by atoms with E-state index in [1.807, 2.05) is 0 Å². The van der Waals surface area contributed by atoms with Gasteiger partial charge in [-0.3, -0.25) is 0 Å². The summed E-state index contributed by atoms with van der Waals surface area (Å²) in [7, 11) is 0. The Labute approximate surface area is 256 Å². The van der Waals surface area contributed by atoms with E-state index in [0.29, 0.717) is 66.1 Å². The number of ether oxygens (including phenoxy) is 10. The minimum Gasteiger partial charge on any atom is -0.394 e. The van der Waals surface area contributed by atoms with Crippen LogP contribution in [0.15, 0.2) is 12.7 Å². The molecule has 2 aliphatic rings. The summed E-state index contributed by atoms with van der Waals surface area (Å²) < 4.78 is 53.9. The van der Waals surface area contributed by atoms with Crippen molar-refractivity contribution in [2.75, 3.05) is 99.1 Å². The van der Waals surface area contributed by atoms with Crippen molar-refractivity contribution in [1.29, 1.82) is 0 Å². The molecule has 0 aromatic carbocycles. The van der Waals surface area contributed by atoms with Crippen LogP contribution in [0, 0.1) is 0 Å². The molecule has 17 heteroatoms. The molecule has 0 aliphatic carbocycles. The highest BCUT2D eigenvalue weighted by molar-refractivity contribution is 4.94. The third kappa shape index (κ3) is 13.8. The number of aliphatic hydroxyl groups excluding tert-OH is 7. The van der Waals surface area contributed by atoms with Crippen LogP contribution < -0.4 is 0 Å². The van der Waals surface area contributed by atoms with Gasteiger partial charge in [-0.25, -0.2) is 0 Å². The van der Waals surface area contributed by atoms with Crippen LogP contribution in [0.5, 0.6) is 0 Å². The van der Waals surface area contributed by atoms with Crippen molar-refractivity contribution < 1.29 is 83.1 Å². The predicted molar refractivity (Wildman–Crippen MR) is 147 cm³/mol. The second kappa shape index (κ2) is 23.4. The molecule has 0 spiro atoms. The number of aliphatic hydroxyl groups is 7. The molecule has 2 rings (SSSR count). The Bertz CT molecular complexity index is 716. The normalized spacial score (nSPS) is 32.6. The first-order valence-electron chi connectivity index (χ1n) is 14.6. The molecule has 10 atom stereocenters. The molecule has 0 saturated carbocycles. The fourth-order valence-corrected chi connectivity index (χ4v) is 4.18. The van der Waals surface area contributed by atoms with Gasteiger partial charge in [0.2, 0.25) is 0 Å². The molecular weight excluding hydrogens is 596 g/mol. The lowest BCUT2D eigenvalue weighted by atomic mass is 9.97. The summed E-state index contributed by atoms with van der Waals surface area (Å²) >= 11 is 0. The van der Waals surface area contributed by atoms with Gasteiger partial charge in [0.15, 0.2) is 12.6 Å². The third-order valence-electron chi connectivity index (χ3n) is 6.57. The summed E-state index contributed by atoms with van der Waals surface area (Å²) in [5, 5.41) is 70.2. The molecule has 0 bridgehead atoms. The van der Waals surface area contributed by atoms with Gasteiger partial charge in [-0.05, 0) is 0 Å². The van der Waals surface area contributed by atoms with E-state index in [9.17, 15) is 35.7 Å². The van der Waals surface area contributed by atoms with Crippen molar-refractivity contribution in [3.05, 3.63) is 12.7 Å². The van der Waals surface area contributed by atoms with Crippen LogP contribution in [0.2, 0.25) is 0 Å². The van der Waals surface area contributed by atoms with Gasteiger partial charge in [-0.15, -0.1) is 6.58 Å². The molecular formula is C27H50O17. The van der Waals surface area contributed by atoms with Crippen LogP contribution in [-0.2, 0) is 47.4 Å². The molecule has 0 unspecified atom stereocenters. The average molecular weight is 647 g/mol. The highest BCUT2D eigenvalue weighted by atomic mass is 16.7. The second-order valence-corrected chi connectivity index (χ2v) is 9.80. The molecule has 2 saturated heterocycles. The first-order chi connectivity index (χ1) is 21.3. The quantitative estimate of drug-likeness (QED) is 0.0369. The first-order valence-corrected chi connectivity index (χ1v) is 14.6. The van der Waals surface area contributed by atoms with Crippen molar-refractivity contribution >= 4 is 0 Å². The van der Waals surface area contributed by atoms with Crippen LogP contribution in [0.25, 0.3) is 0 Å². The third-order valence-corrected chi connectivity index (χ3v) is 6.57. The van der Waals surface area contributed by atoms with Gasteiger partial charge in [0.1, 0.15) is 48.8 Å². The Morgan fingerprint density at radius 2 is 0.932 bits per heavy atom. The molecule has 0 radical (unpaired) electrons. The van der Waals surface area contributed by atoms with E-state index in [-0.39, 0.29) is 19.8 Å². The highest BCUT2D eigenvalue weighted by Gasteiger charge is 2.50. The predicted octanol–water partition coefficient (Wildman–Crippen LogP) is -4.09. The maximum atomic E-state index is 10.6. The van der Waals surface area contributed by atoms with Crippen molar-refractivity contribution in [2.45, 2.75) is 61.4 Å². The summed E-state index contributed by atoms with van der Waals surface area (Å²) in [6.45, 7) is 7.06. The van der Waals surface area contributed by atoms with Crippen LogP contribution in [0.3, 0.4) is 0 Å². The van der Waals surface area contributed by atoms with Gasteiger partial charge in [0.05, 0.1) is 99.1 Å². The Kier molecular flexibility index (Phi) is 20.9.